The highest BCUT2D eigenvalue weighted by Gasteiger charge is 2.06. The molecule has 0 fully saturated rings. The predicted molar refractivity (Wildman–Crippen MR) is 102 cm³/mol. The van der Waals surface area contributed by atoms with E-state index in [0.29, 0.717) is 5.75 Å². The average Bonchev–Trinajstić information content (AvgIpc) is 3.03. The Bertz CT molecular complexity index is 885. The van der Waals surface area contributed by atoms with Crippen molar-refractivity contribution < 1.29 is 9.53 Å². The maximum atomic E-state index is 12.0. The van der Waals surface area contributed by atoms with Gasteiger partial charge in [0.15, 0.2) is 6.61 Å². The van der Waals surface area contributed by atoms with Gasteiger partial charge in [0, 0.05) is 16.6 Å². The lowest BCUT2D eigenvalue weighted by Gasteiger charge is -2.09. The molecule has 3 aromatic rings. The molecule has 3 rings (SSSR count). The standard InChI is InChI=1S/C20H20N2O2S/c1-13-4-9-18(10-14(13)2)24-11-20(23)22-17-7-5-16(6-8-17)19-12-25-15(3)21-19/h4-10,12H,11H2,1-3H3,(H,22,23). The van der Waals surface area contributed by atoms with Gasteiger partial charge in [0.1, 0.15) is 5.75 Å². The first-order valence-corrected chi connectivity index (χ1v) is 8.92. The van der Waals surface area contributed by atoms with Gasteiger partial charge in [-0.05, 0) is 56.2 Å². The van der Waals surface area contributed by atoms with Crippen LogP contribution in [0.3, 0.4) is 0 Å². The molecule has 128 valence electrons. The van der Waals surface area contributed by atoms with E-state index in [9.17, 15) is 4.79 Å². The van der Waals surface area contributed by atoms with Gasteiger partial charge in [-0.15, -0.1) is 11.3 Å². The van der Waals surface area contributed by atoms with Crippen LogP contribution in [0, 0.1) is 20.8 Å². The number of carbonyl (C=O) groups is 1. The monoisotopic (exact) mass is 352 g/mol. The van der Waals surface area contributed by atoms with E-state index in [1.54, 1.807) is 11.3 Å². The Hall–Kier alpha value is -2.66. The summed E-state index contributed by atoms with van der Waals surface area (Å²) in [5.74, 6) is 0.517. The molecule has 5 heteroatoms. The van der Waals surface area contributed by atoms with Gasteiger partial charge in [-0.25, -0.2) is 4.98 Å². The Morgan fingerprint density at radius 2 is 1.84 bits per heavy atom. The Morgan fingerprint density at radius 1 is 1.08 bits per heavy atom. The van der Waals surface area contributed by atoms with E-state index in [-0.39, 0.29) is 12.5 Å². The molecule has 0 spiro atoms. The fraction of sp³-hybridized carbons (Fsp3) is 0.200. The molecular formula is C20H20N2O2S. The molecule has 0 bridgehead atoms. The lowest BCUT2D eigenvalue weighted by Crippen LogP contribution is -2.20. The Balaban J connectivity index is 1.56. The number of hydrogen-bond acceptors (Lipinski definition) is 4. The summed E-state index contributed by atoms with van der Waals surface area (Å²) in [5, 5.41) is 5.91. The van der Waals surface area contributed by atoms with Crippen molar-refractivity contribution in [1.29, 1.82) is 0 Å². The van der Waals surface area contributed by atoms with Crippen molar-refractivity contribution in [2.45, 2.75) is 20.8 Å². The summed E-state index contributed by atoms with van der Waals surface area (Å²) in [7, 11) is 0. The molecule has 0 aliphatic heterocycles. The van der Waals surface area contributed by atoms with E-state index >= 15 is 0 Å². The van der Waals surface area contributed by atoms with E-state index < -0.39 is 0 Å². The van der Waals surface area contributed by atoms with Crippen molar-refractivity contribution in [2.24, 2.45) is 0 Å². The van der Waals surface area contributed by atoms with Gasteiger partial charge < -0.3 is 10.1 Å². The van der Waals surface area contributed by atoms with Crippen LogP contribution in [0.1, 0.15) is 16.1 Å². The maximum Gasteiger partial charge on any atom is 0.262 e. The van der Waals surface area contributed by atoms with Crippen LogP contribution in [-0.2, 0) is 4.79 Å². The molecule has 1 amide bonds. The lowest BCUT2D eigenvalue weighted by atomic mass is 10.1. The summed E-state index contributed by atoms with van der Waals surface area (Å²) < 4.78 is 5.55. The first kappa shape index (κ1) is 17.2. The van der Waals surface area contributed by atoms with Crippen LogP contribution in [-0.4, -0.2) is 17.5 Å². The van der Waals surface area contributed by atoms with Gasteiger partial charge in [-0.2, -0.15) is 0 Å². The minimum atomic E-state index is -0.185. The number of thiazole rings is 1. The predicted octanol–water partition coefficient (Wildman–Crippen LogP) is 4.75. The topological polar surface area (TPSA) is 51.2 Å². The summed E-state index contributed by atoms with van der Waals surface area (Å²) in [5.41, 5.74) is 5.08. The van der Waals surface area contributed by atoms with E-state index in [2.05, 4.69) is 10.3 Å². The second kappa shape index (κ2) is 7.49. The van der Waals surface area contributed by atoms with E-state index in [1.165, 1.54) is 5.56 Å². The highest BCUT2D eigenvalue weighted by Crippen LogP contribution is 2.23. The molecule has 0 aliphatic rings. The van der Waals surface area contributed by atoms with Gasteiger partial charge in [0.25, 0.3) is 5.91 Å². The van der Waals surface area contributed by atoms with E-state index in [0.717, 1.165) is 27.5 Å². The van der Waals surface area contributed by atoms with Crippen LogP contribution in [0.4, 0.5) is 5.69 Å². The first-order chi connectivity index (χ1) is 12.0. The number of ether oxygens (including phenoxy) is 1. The lowest BCUT2D eigenvalue weighted by molar-refractivity contribution is -0.118. The normalized spacial score (nSPS) is 10.5. The Labute approximate surface area is 151 Å². The molecule has 1 heterocycles. The summed E-state index contributed by atoms with van der Waals surface area (Å²) in [6.07, 6.45) is 0. The number of anilines is 1. The van der Waals surface area contributed by atoms with Crippen molar-refractivity contribution in [3.8, 4) is 17.0 Å². The summed E-state index contributed by atoms with van der Waals surface area (Å²) >= 11 is 1.62. The van der Waals surface area contributed by atoms with E-state index in [4.69, 9.17) is 4.74 Å². The van der Waals surface area contributed by atoms with Crippen LogP contribution in [0.25, 0.3) is 11.3 Å². The molecule has 0 aliphatic carbocycles. The zero-order valence-electron chi connectivity index (χ0n) is 14.5. The molecule has 0 saturated heterocycles. The average molecular weight is 352 g/mol. The number of hydrogen-bond donors (Lipinski definition) is 1. The fourth-order valence-electron chi connectivity index (χ4n) is 2.37. The third kappa shape index (κ3) is 4.45. The zero-order chi connectivity index (χ0) is 17.8. The van der Waals surface area contributed by atoms with Crippen molar-refractivity contribution in [3.05, 3.63) is 64.0 Å². The van der Waals surface area contributed by atoms with Crippen LogP contribution >= 0.6 is 11.3 Å². The molecule has 0 radical (unpaired) electrons. The van der Waals surface area contributed by atoms with Crippen LogP contribution in [0.15, 0.2) is 47.8 Å². The molecule has 2 aromatic carbocycles. The molecule has 0 atom stereocenters. The van der Waals surface area contributed by atoms with Crippen molar-refractivity contribution >= 4 is 22.9 Å². The third-order valence-corrected chi connectivity index (χ3v) is 4.71. The number of amides is 1. The molecule has 0 unspecified atom stereocenters. The second-order valence-corrected chi connectivity index (χ2v) is 6.97. The van der Waals surface area contributed by atoms with Gasteiger partial charge in [0.05, 0.1) is 10.7 Å². The number of nitrogens with zero attached hydrogens (tertiary/aromatic N) is 1. The number of aromatic nitrogens is 1. The number of rotatable bonds is 5. The molecule has 1 aromatic heterocycles. The summed E-state index contributed by atoms with van der Waals surface area (Å²) in [4.78, 5) is 16.5. The molecule has 0 saturated carbocycles. The molecular weight excluding hydrogens is 332 g/mol. The van der Waals surface area contributed by atoms with Crippen molar-refractivity contribution in [3.63, 3.8) is 0 Å². The van der Waals surface area contributed by atoms with Crippen LogP contribution in [0.2, 0.25) is 0 Å². The van der Waals surface area contributed by atoms with Gasteiger partial charge >= 0.3 is 0 Å². The molecule has 1 N–H and O–H groups in total. The Kier molecular flexibility index (Phi) is 5.14. The highest BCUT2D eigenvalue weighted by molar-refractivity contribution is 7.09. The van der Waals surface area contributed by atoms with Gasteiger partial charge in [-0.1, -0.05) is 18.2 Å². The number of benzene rings is 2. The molecule has 25 heavy (non-hydrogen) atoms. The van der Waals surface area contributed by atoms with E-state index in [1.807, 2.05) is 68.6 Å². The van der Waals surface area contributed by atoms with Crippen molar-refractivity contribution in [1.82, 2.24) is 4.98 Å². The summed E-state index contributed by atoms with van der Waals surface area (Å²) in [6, 6.07) is 13.5. The SMILES string of the molecule is Cc1nc(-c2ccc(NC(=O)COc3ccc(C)c(C)c3)cc2)cs1. The first-order valence-electron chi connectivity index (χ1n) is 8.04. The largest absolute Gasteiger partial charge is 0.484 e. The quantitative estimate of drug-likeness (QED) is 0.721. The maximum absolute atomic E-state index is 12.0. The minimum absolute atomic E-state index is 0.0183. The highest BCUT2D eigenvalue weighted by atomic mass is 32.1. The van der Waals surface area contributed by atoms with Gasteiger partial charge in [-0.3, -0.25) is 4.79 Å². The van der Waals surface area contributed by atoms with Crippen LogP contribution in [0.5, 0.6) is 5.75 Å². The number of aryl methyl sites for hydroxylation is 3. The second-order valence-electron chi connectivity index (χ2n) is 5.91. The van der Waals surface area contributed by atoms with Crippen LogP contribution < -0.4 is 10.1 Å². The smallest absolute Gasteiger partial charge is 0.262 e. The summed E-state index contributed by atoms with van der Waals surface area (Å²) in [6.45, 7) is 6.03. The fourth-order valence-corrected chi connectivity index (χ4v) is 2.99. The van der Waals surface area contributed by atoms with Gasteiger partial charge in [0.2, 0.25) is 0 Å². The number of carbonyl (C=O) groups excluding carboxylic acids is 1. The number of nitrogens with one attached hydrogen (secondary N) is 1. The Morgan fingerprint density at radius 3 is 2.48 bits per heavy atom. The minimum Gasteiger partial charge on any atom is -0.484 e. The zero-order valence-corrected chi connectivity index (χ0v) is 15.3. The molecule has 4 nitrogen and oxygen atoms in total. The third-order valence-electron chi connectivity index (χ3n) is 3.93. The van der Waals surface area contributed by atoms with Crippen molar-refractivity contribution in [2.75, 3.05) is 11.9 Å².